The third kappa shape index (κ3) is 16.4. The van der Waals surface area contributed by atoms with Crippen LogP contribution in [0.4, 0.5) is 0 Å². The molecule has 0 atom stereocenters. The maximum absolute atomic E-state index is 8.41. The Morgan fingerprint density at radius 3 is 0.735 bits per heavy atom. The van der Waals surface area contributed by atoms with Crippen molar-refractivity contribution in [2.75, 3.05) is 12.3 Å². The van der Waals surface area contributed by atoms with Crippen molar-refractivity contribution in [3.63, 3.8) is 0 Å². The summed E-state index contributed by atoms with van der Waals surface area (Å²) >= 11 is 0. The van der Waals surface area contributed by atoms with Crippen LogP contribution in [0.5, 0.6) is 0 Å². The minimum Gasteiger partial charge on any atom is -0.810 e. The summed E-state index contributed by atoms with van der Waals surface area (Å²) in [5.41, 5.74) is 1.68. The smallest absolute Gasteiger partial charge is 0.810 e. The van der Waals surface area contributed by atoms with Crippen molar-refractivity contribution in [2.45, 2.75) is 27.7 Å². The molecule has 0 amide bonds. The molecule has 0 fully saturated rings. The van der Waals surface area contributed by atoms with E-state index in [4.69, 9.17) is 10.8 Å². The van der Waals surface area contributed by atoms with Crippen LogP contribution in [-0.2, 0) is 20.4 Å². The van der Waals surface area contributed by atoms with Gasteiger partial charge in [-0.25, -0.2) is 0 Å². The van der Waals surface area contributed by atoms with Gasteiger partial charge < -0.3 is 10.8 Å². The van der Waals surface area contributed by atoms with Gasteiger partial charge in [-0.15, -0.1) is 0 Å². The standard InChI is InChI=1S/C26H24P2.2C7H6N.C3H8.CH4.Pd/c1-5-13-23(14-6-1)27(24-15-7-2-8-16-24)21-22-28(25-17-9-3-10-18-25)26-19-11-4-12-20-26;2*8-6-7-4-2-1-3-5-7;1-3-2;;/h1-20H,21-22H2;2*1-6H;3H2,1-2H3;1H4;/q;2*-1;;;+2/p+2. The number of nitrogens with zero attached hydrogens (tertiary/aromatic N) is 2. The molecular formula is C44H50N2P2Pd+2. The van der Waals surface area contributed by atoms with Crippen molar-refractivity contribution in [3.05, 3.63) is 204 Å². The molecule has 0 bridgehead atoms. The van der Waals surface area contributed by atoms with Gasteiger partial charge >= 0.3 is 20.4 Å². The molecule has 0 heterocycles. The van der Waals surface area contributed by atoms with Gasteiger partial charge in [0.15, 0.2) is 0 Å². The Labute approximate surface area is 312 Å². The molecule has 0 unspecified atom stereocenters. The van der Waals surface area contributed by atoms with Crippen LogP contribution in [0.3, 0.4) is 0 Å². The quantitative estimate of drug-likeness (QED) is 0.0798. The van der Waals surface area contributed by atoms with Crippen LogP contribution in [0.1, 0.15) is 38.8 Å². The van der Waals surface area contributed by atoms with Gasteiger partial charge in [0, 0.05) is 0 Å². The molecule has 0 saturated carbocycles. The van der Waals surface area contributed by atoms with Crippen molar-refractivity contribution in [1.29, 1.82) is 0 Å². The Morgan fingerprint density at radius 1 is 0.388 bits per heavy atom. The van der Waals surface area contributed by atoms with Gasteiger partial charge in [-0.05, 0) is 59.7 Å². The molecule has 254 valence electrons. The molecule has 6 aromatic carbocycles. The van der Waals surface area contributed by atoms with Gasteiger partial charge in [0.2, 0.25) is 0 Å². The average molecular weight is 775 g/mol. The summed E-state index contributed by atoms with van der Waals surface area (Å²) in [5, 5.41) is 22.9. The molecule has 49 heavy (non-hydrogen) atoms. The Kier molecular flexibility index (Phi) is 23.9. The van der Waals surface area contributed by atoms with Gasteiger partial charge in [-0.3, -0.25) is 0 Å². The van der Waals surface area contributed by atoms with Crippen LogP contribution in [0.15, 0.2) is 182 Å². The van der Waals surface area contributed by atoms with E-state index < -0.39 is 15.8 Å². The maximum atomic E-state index is 8.41. The molecule has 0 aliphatic rings. The zero-order valence-electron chi connectivity index (χ0n) is 27.8. The topological polar surface area (TPSA) is 44.6 Å². The summed E-state index contributed by atoms with van der Waals surface area (Å²) < 4.78 is 0. The molecule has 6 rings (SSSR count). The van der Waals surface area contributed by atoms with Crippen LogP contribution in [-0.4, -0.2) is 24.8 Å². The van der Waals surface area contributed by atoms with Crippen LogP contribution >= 0.6 is 15.8 Å². The number of hydrogen-bond acceptors (Lipinski definition) is 0. The fourth-order valence-electron chi connectivity index (χ4n) is 4.80. The van der Waals surface area contributed by atoms with Crippen molar-refractivity contribution in [3.8, 4) is 0 Å². The van der Waals surface area contributed by atoms with Gasteiger partial charge in [0.1, 0.15) is 12.3 Å². The molecule has 5 heteroatoms. The first-order chi connectivity index (χ1) is 23.2. The largest absolute Gasteiger partial charge is 2.00 e. The Bertz CT molecular complexity index is 1430. The summed E-state index contributed by atoms with van der Waals surface area (Å²) in [6.07, 6.45) is 5.94. The zero-order valence-corrected chi connectivity index (χ0v) is 31.4. The van der Waals surface area contributed by atoms with E-state index in [1.165, 1.54) is 40.0 Å². The van der Waals surface area contributed by atoms with Crippen molar-refractivity contribution in [2.24, 2.45) is 0 Å². The minimum absolute atomic E-state index is 0. The van der Waals surface area contributed by atoms with Crippen LogP contribution in [0, 0.1) is 0 Å². The number of rotatable bonds is 9. The Balaban J connectivity index is 0.000000468. The van der Waals surface area contributed by atoms with Crippen molar-refractivity contribution >= 4 is 49.5 Å². The van der Waals surface area contributed by atoms with E-state index in [1.807, 2.05) is 60.7 Å². The van der Waals surface area contributed by atoms with E-state index in [2.05, 4.69) is 135 Å². The summed E-state index contributed by atoms with van der Waals surface area (Å²) in [7, 11) is -1.57. The molecular weight excluding hydrogens is 725 g/mol. The van der Waals surface area contributed by atoms with Crippen LogP contribution < -0.4 is 21.2 Å². The van der Waals surface area contributed by atoms with Crippen molar-refractivity contribution < 1.29 is 20.4 Å². The average Bonchev–Trinajstić information content (AvgIpc) is 3.16. The van der Waals surface area contributed by atoms with Crippen LogP contribution in [0.25, 0.3) is 10.8 Å². The molecule has 6 aromatic rings. The van der Waals surface area contributed by atoms with E-state index >= 15 is 0 Å². The summed E-state index contributed by atoms with van der Waals surface area (Å²) in [5.74, 6) is 0. The Morgan fingerprint density at radius 2 is 0.571 bits per heavy atom. The molecule has 2 nitrogen and oxygen atoms in total. The molecule has 0 saturated heterocycles. The summed E-state index contributed by atoms with van der Waals surface area (Å²) in [4.78, 5) is 0. The molecule has 0 N–H and O–H groups in total. The number of hydrogen-bond donors (Lipinski definition) is 0. The summed E-state index contributed by atoms with van der Waals surface area (Å²) in [6.45, 7) is 4.25. The molecule has 0 aliphatic carbocycles. The van der Waals surface area contributed by atoms with E-state index in [0.717, 1.165) is 23.6 Å². The normalized spacial score (nSPS) is 9.47. The van der Waals surface area contributed by atoms with Gasteiger partial charge in [-0.2, -0.15) is 12.4 Å². The molecule has 0 spiro atoms. The zero-order chi connectivity index (χ0) is 33.4. The van der Waals surface area contributed by atoms with E-state index in [0.29, 0.717) is 0 Å². The first-order valence-electron chi connectivity index (χ1n) is 16.2. The maximum Gasteiger partial charge on any atom is 2.00 e. The third-order valence-corrected chi connectivity index (χ3v) is 13.1. The van der Waals surface area contributed by atoms with Gasteiger partial charge in [0.05, 0.1) is 37.1 Å². The first kappa shape index (κ1) is 43.2. The second-order valence-electron chi connectivity index (χ2n) is 10.7. The van der Waals surface area contributed by atoms with E-state index in [-0.39, 0.29) is 27.8 Å². The molecule has 0 aromatic heterocycles. The fourth-order valence-corrected chi connectivity index (χ4v) is 11.0. The second-order valence-corrected chi connectivity index (χ2v) is 15.9. The Hall–Kier alpha value is -3.82. The first-order valence-corrected chi connectivity index (χ1v) is 19.6. The number of benzene rings is 6. The molecule has 0 aliphatic heterocycles. The minimum atomic E-state index is -0.783. The van der Waals surface area contributed by atoms with E-state index in [9.17, 15) is 0 Å². The van der Waals surface area contributed by atoms with Gasteiger partial charge in [-0.1, -0.05) is 161 Å². The fraction of sp³-hybridized carbons (Fsp3) is 0.136. The SMILES string of the molecule is C.CCC.[N-]=Cc1ccccc1.[N-]=Cc1ccccc1.[Pd+2].c1ccc([PH+](CC[PH+](c2ccccc2)c2ccccc2)c2ccccc2)cc1. The predicted molar refractivity (Wildman–Crippen MR) is 223 cm³/mol. The van der Waals surface area contributed by atoms with E-state index in [1.54, 1.807) is 0 Å². The van der Waals surface area contributed by atoms with Gasteiger partial charge in [0.25, 0.3) is 0 Å². The summed E-state index contributed by atoms with van der Waals surface area (Å²) in [6, 6.07) is 63.2. The molecule has 0 radical (unpaired) electrons. The third-order valence-electron chi connectivity index (χ3n) is 7.01. The second kappa shape index (κ2) is 27.1. The predicted octanol–water partition coefficient (Wildman–Crippen LogP) is 10.1. The van der Waals surface area contributed by atoms with Crippen LogP contribution in [0.2, 0.25) is 0 Å². The monoisotopic (exact) mass is 774 g/mol. The van der Waals surface area contributed by atoms with Crippen molar-refractivity contribution in [1.82, 2.24) is 0 Å².